The van der Waals surface area contributed by atoms with Crippen LogP contribution in [0.5, 0.6) is 0 Å². The molecular formula is C17H19N3O3. The minimum absolute atomic E-state index is 0.230. The molecule has 0 radical (unpaired) electrons. The molecule has 3 rings (SSSR count). The normalized spacial score (nSPS) is 15.2. The summed E-state index contributed by atoms with van der Waals surface area (Å²) in [6, 6.07) is 10.3. The van der Waals surface area contributed by atoms with Crippen molar-refractivity contribution in [2.75, 3.05) is 0 Å². The first-order chi connectivity index (χ1) is 11.0. The van der Waals surface area contributed by atoms with Crippen LogP contribution in [0.2, 0.25) is 0 Å². The van der Waals surface area contributed by atoms with E-state index in [0.29, 0.717) is 12.3 Å². The number of aromatic nitrogens is 2. The first kappa shape index (κ1) is 15.3. The number of aryl methyl sites for hydroxylation is 1. The van der Waals surface area contributed by atoms with Crippen LogP contribution in [0.1, 0.15) is 35.4 Å². The monoisotopic (exact) mass is 313 g/mol. The van der Waals surface area contributed by atoms with E-state index in [1.807, 2.05) is 37.3 Å². The van der Waals surface area contributed by atoms with Crippen molar-refractivity contribution in [3.8, 4) is 5.69 Å². The van der Waals surface area contributed by atoms with E-state index in [1.54, 1.807) is 10.7 Å². The van der Waals surface area contributed by atoms with Crippen molar-refractivity contribution < 1.29 is 14.7 Å². The molecule has 1 unspecified atom stereocenters. The lowest BCUT2D eigenvalue weighted by Gasteiger charge is -2.12. The second kappa shape index (κ2) is 6.24. The lowest BCUT2D eigenvalue weighted by atomic mass is 10.1. The Morgan fingerprint density at radius 3 is 2.65 bits per heavy atom. The lowest BCUT2D eigenvalue weighted by Crippen LogP contribution is -2.41. The molecule has 0 aliphatic heterocycles. The number of hydrogen-bond donors (Lipinski definition) is 2. The van der Waals surface area contributed by atoms with E-state index in [2.05, 4.69) is 10.4 Å². The zero-order valence-corrected chi connectivity index (χ0v) is 12.9. The van der Waals surface area contributed by atoms with Gasteiger partial charge in [-0.1, -0.05) is 31.0 Å². The highest BCUT2D eigenvalue weighted by atomic mass is 16.4. The average Bonchev–Trinajstić information content (AvgIpc) is 3.27. The largest absolute Gasteiger partial charge is 0.480 e. The standard InChI is InChI=1S/C17H19N3O3/c1-11-9-14(19-20(11)13-5-3-2-4-6-13)16(21)18-15(17(22)23)10-12-7-8-12/h2-6,9,12,15H,7-8,10H2,1H3,(H,18,21)(H,22,23). The molecule has 1 fully saturated rings. The van der Waals surface area contributed by atoms with E-state index < -0.39 is 17.9 Å². The highest BCUT2D eigenvalue weighted by Crippen LogP contribution is 2.33. The summed E-state index contributed by atoms with van der Waals surface area (Å²) >= 11 is 0. The fourth-order valence-electron chi connectivity index (χ4n) is 2.56. The fourth-order valence-corrected chi connectivity index (χ4v) is 2.56. The van der Waals surface area contributed by atoms with E-state index in [9.17, 15) is 14.7 Å². The van der Waals surface area contributed by atoms with Gasteiger partial charge in [-0.2, -0.15) is 5.10 Å². The number of carboxylic acids is 1. The van der Waals surface area contributed by atoms with E-state index in [4.69, 9.17) is 0 Å². The van der Waals surface area contributed by atoms with Crippen molar-refractivity contribution >= 4 is 11.9 Å². The predicted molar refractivity (Wildman–Crippen MR) is 84.5 cm³/mol. The summed E-state index contributed by atoms with van der Waals surface area (Å²) in [5, 5.41) is 16.1. The highest BCUT2D eigenvalue weighted by molar-refractivity contribution is 5.95. The van der Waals surface area contributed by atoms with E-state index >= 15 is 0 Å². The quantitative estimate of drug-likeness (QED) is 0.856. The Labute approximate surface area is 134 Å². The van der Waals surface area contributed by atoms with Crippen LogP contribution < -0.4 is 5.32 Å². The van der Waals surface area contributed by atoms with E-state index in [1.165, 1.54) is 0 Å². The second-order valence-corrected chi connectivity index (χ2v) is 5.96. The van der Waals surface area contributed by atoms with Crippen LogP contribution in [0.25, 0.3) is 5.69 Å². The Balaban J connectivity index is 1.76. The van der Waals surface area contributed by atoms with Gasteiger partial charge >= 0.3 is 5.97 Å². The van der Waals surface area contributed by atoms with Crippen molar-refractivity contribution in [3.63, 3.8) is 0 Å². The van der Waals surface area contributed by atoms with E-state index in [-0.39, 0.29) is 5.69 Å². The van der Waals surface area contributed by atoms with Crippen molar-refractivity contribution in [1.29, 1.82) is 0 Å². The second-order valence-electron chi connectivity index (χ2n) is 5.96. The molecule has 1 atom stereocenters. The number of carboxylic acid groups (broad SMARTS) is 1. The Kier molecular flexibility index (Phi) is 4.14. The number of carbonyl (C=O) groups is 2. The third-order valence-corrected chi connectivity index (χ3v) is 3.99. The van der Waals surface area contributed by atoms with Gasteiger partial charge in [0.25, 0.3) is 5.91 Å². The fraction of sp³-hybridized carbons (Fsp3) is 0.353. The van der Waals surface area contributed by atoms with Crippen LogP contribution in [0.15, 0.2) is 36.4 Å². The average molecular weight is 313 g/mol. The summed E-state index contributed by atoms with van der Waals surface area (Å²) in [6.45, 7) is 1.86. The molecule has 1 heterocycles. The molecule has 0 spiro atoms. The first-order valence-corrected chi connectivity index (χ1v) is 7.70. The van der Waals surface area contributed by atoms with Crippen LogP contribution >= 0.6 is 0 Å². The zero-order valence-electron chi connectivity index (χ0n) is 12.9. The maximum atomic E-state index is 12.3. The molecule has 1 saturated carbocycles. The number of carbonyl (C=O) groups excluding carboxylic acids is 1. The number of nitrogens with zero attached hydrogens (tertiary/aromatic N) is 2. The summed E-state index contributed by atoms with van der Waals surface area (Å²) in [5.74, 6) is -1.03. The molecule has 1 aromatic carbocycles. The SMILES string of the molecule is Cc1cc(C(=O)NC(CC2CC2)C(=O)O)nn1-c1ccccc1. The van der Waals surface area contributed by atoms with Crippen LogP contribution in [-0.4, -0.2) is 32.8 Å². The molecule has 6 heteroatoms. The van der Waals surface area contributed by atoms with Gasteiger partial charge in [0.2, 0.25) is 0 Å². The van der Waals surface area contributed by atoms with Gasteiger partial charge < -0.3 is 10.4 Å². The summed E-state index contributed by atoms with van der Waals surface area (Å²) in [7, 11) is 0. The van der Waals surface area contributed by atoms with Gasteiger partial charge in [-0.25, -0.2) is 9.48 Å². The van der Waals surface area contributed by atoms with Crippen LogP contribution in [0, 0.1) is 12.8 Å². The molecule has 0 saturated heterocycles. The van der Waals surface area contributed by atoms with Crippen molar-refractivity contribution in [3.05, 3.63) is 47.8 Å². The minimum atomic E-state index is -0.996. The number of aliphatic carboxylic acids is 1. The Bertz CT molecular complexity index is 720. The number of benzene rings is 1. The third kappa shape index (κ3) is 3.59. The topological polar surface area (TPSA) is 84.2 Å². The summed E-state index contributed by atoms with van der Waals surface area (Å²) in [5.41, 5.74) is 1.90. The molecule has 1 aliphatic rings. The molecule has 6 nitrogen and oxygen atoms in total. The number of hydrogen-bond acceptors (Lipinski definition) is 3. The minimum Gasteiger partial charge on any atom is -0.480 e. The van der Waals surface area contributed by atoms with Gasteiger partial charge in [-0.3, -0.25) is 4.79 Å². The third-order valence-electron chi connectivity index (χ3n) is 3.99. The number of rotatable bonds is 6. The molecule has 1 amide bonds. The maximum Gasteiger partial charge on any atom is 0.326 e. The van der Waals surface area contributed by atoms with Gasteiger partial charge in [0.1, 0.15) is 6.04 Å². The number of nitrogens with one attached hydrogen (secondary N) is 1. The summed E-state index contributed by atoms with van der Waals surface area (Å²) in [6.07, 6.45) is 2.57. The van der Waals surface area contributed by atoms with Gasteiger partial charge in [0.15, 0.2) is 5.69 Å². The van der Waals surface area contributed by atoms with E-state index in [0.717, 1.165) is 24.2 Å². The van der Waals surface area contributed by atoms with Crippen molar-refractivity contribution in [2.45, 2.75) is 32.2 Å². The van der Waals surface area contributed by atoms with Gasteiger partial charge in [0, 0.05) is 5.69 Å². The number of para-hydroxylation sites is 1. The van der Waals surface area contributed by atoms with Gasteiger partial charge in [-0.05, 0) is 37.5 Å². The van der Waals surface area contributed by atoms with Crippen LogP contribution in [0.3, 0.4) is 0 Å². The van der Waals surface area contributed by atoms with Crippen LogP contribution in [0.4, 0.5) is 0 Å². The smallest absolute Gasteiger partial charge is 0.326 e. The first-order valence-electron chi connectivity index (χ1n) is 7.70. The molecule has 2 N–H and O–H groups in total. The summed E-state index contributed by atoms with van der Waals surface area (Å²) in [4.78, 5) is 23.6. The Hall–Kier alpha value is -2.63. The number of amides is 1. The Morgan fingerprint density at radius 2 is 2.04 bits per heavy atom. The Morgan fingerprint density at radius 1 is 1.35 bits per heavy atom. The molecule has 1 aliphatic carbocycles. The molecular weight excluding hydrogens is 294 g/mol. The predicted octanol–water partition coefficient (Wildman–Crippen LogP) is 2.16. The van der Waals surface area contributed by atoms with Crippen molar-refractivity contribution in [2.24, 2.45) is 5.92 Å². The molecule has 120 valence electrons. The summed E-state index contributed by atoms with van der Waals surface area (Å²) < 4.78 is 1.67. The zero-order chi connectivity index (χ0) is 16.4. The maximum absolute atomic E-state index is 12.3. The van der Waals surface area contributed by atoms with Gasteiger partial charge in [0.05, 0.1) is 5.69 Å². The highest BCUT2D eigenvalue weighted by Gasteiger charge is 2.30. The van der Waals surface area contributed by atoms with Crippen molar-refractivity contribution in [1.82, 2.24) is 15.1 Å². The molecule has 0 bridgehead atoms. The molecule has 2 aromatic rings. The van der Waals surface area contributed by atoms with Gasteiger partial charge in [-0.15, -0.1) is 0 Å². The van der Waals surface area contributed by atoms with Crippen LogP contribution in [-0.2, 0) is 4.79 Å². The molecule has 23 heavy (non-hydrogen) atoms. The molecule has 1 aromatic heterocycles. The lowest BCUT2D eigenvalue weighted by molar-refractivity contribution is -0.139.